The second-order valence-corrected chi connectivity index (χ2v) is 7.33. The first-order chi connectivity index (χ1) is 7.85. The van der Waals surface area contributed by atoms with Crippen molar-refractivity contribution in [2.45, 2.75) is 42.7 Å². The van der Waals surface area contributed by atoms with E-state index in [0.29, 0.717) is 5.41 Å². The largest absolute Gasteiger partial charge is 0.179 e. The van der Waals surface area contributed by atoms with Gasteiger partial charge in [0.15, 0.2) is 0 Å². The van der Waals surface area contributed by atoms with Crippen molar-refractivity contribution in [3.8, 4) is 0 Å². The first kappa shape index (κ1) is 12.8. The molecule has 0 unspecified atom stereocenters. The number of thiol groups is 1. The molecular weight excluding hydrogens is 252 g/mol. The normalized spacial score (nSPS) is 20.6. The molecule has 0 atom stereocenters. The van der Waals surface area contributed by atoms with Gasteiger partial charge in [-0.05, 0) is 35.5 Å². The standard InChI is InChI=1S/C13H20S3/c14-10-13(7-3-1-2-4-8-13)11-16-12-6-5-9-15-12/h5-6,9,14H,1-4,7-8,10-11H2. The molecule has 1 saturated carbocycles. The number of thiophene rings is 1. The lowest BCUT2D eigenvalue weighted by atomic mass is 9.84. The summed E-state index contributed by atoms with van der Waals surface area (Å²) in [6.45, 7) is 0. The maximum absolute atomic E-state index is 4.62. The van der Waals surface area contributed by atoms with Crippen LogP contribution in [-0.4, -0.2) is 11.5 Å². The van der Waals surface area contributed by atoms with E-state index in [0.717, 1.165) is 5.75 Å². The monoisotopic (exact) mass is 272 g/mol. The van der Waals surface area contributed by atoms with Gasteiger partial charge in [-0.1, -0.05) is 31.7 Å². The maximum Gasteiger partial charge on any atom is 0.0598 e. The van der Waals surface area contributed by atoms with E-state index in [2.05, 4.69) is 30.1 Å². The Morgan fingerprint density at radius 3 is 2.56 bits per heavy atom. The minimum absolute atomic E-state index is 0.508. The van der Waals surface area contributed by atoms with Crippen LogP contribution in [0, 0.1) is 5.41 Å². The van der Waals surface area contributed by atoms with Gasteiger partial charge in [0.25, 0.3) is 0 Å². The molecule has 0 spiro atoms. The van der Waals surface area contributed by atoms with Crippen molar-refractivity contribution in [3.05, 3.63) is 17.5 Å². The fourth-order valence-electron chi connectivity index (χ4n) is 2.40. The first-order valence-corrected chi connectivity index (χ1v) is 8.62. The second kappa shape index (κ2) is 6.36. The van der Waals surface area contributed by atoms with Gasteiger partial charge in [0.05, 0.1) is 4.21 Å². The molecule has 0 aliphatic heterocycles. The zero-order chi connectivity index (χ0) is 11.3. The molecule has 1 fully saturated rings. The third-order valence-corrected chi connectivity index (χ3v) is 6.67. The van der Waals surface area contributed by atoms with Crippen LogP contribution < -0.4 is 0 Å². The summed E-state index contributed by atoms with van der Waals surface area (Å²) in [6.07, 6.45) is 8.44. The van der Waals surface area contributed by atoms with E-state index in [-0.39, 0.29) is 0 Å². The summed E-state index contributed by atoms with van der Waals surface area (Å²) in [6, 6.07) is 4.38. The van der Waals surface area contributed by atoms with Gasteiger partial charge in [-0.2, -0.15) is 12.6 Å². The van der Waals surface area contributed by atoms with E-state index in [1.54, 1.807) is 0 Å². The van der Waals surface area contributed by atoms with Crippen molar-refractivity contribution in [1.29, 1.82) is 0 Å². The minimum Gasteiger partial charge on any atom is -0.179 e. The Morgan fingerprint density at radius 1 is 1.25 bits per heavy atom. The van der Waals surface area contributed by atoms with E-state index in [1.807, 2.05) is 23.1 Å². The van der Waals surface area contributed by atoms with Gasteiger partial charge in [0.1, 0.15) is 0 Å². The summed E-state index contributed by atoms with van der Waals surface area (Å²) in [5.41, 5.74) is 0.508. The molecule has 2 rings (SSSR count). The van der Waals surface area contributed by atoms with Crippen molar-refractivity contribution in [1.82, 2.24) is 0 Å². The third kappa shape index (κ3) is 3.44. The molecule has 1 heterocycles. The average molecular weight is 273 g/mol. The van der Waals surface area contributed by atoms with E-state index in [9.17, 15) is 0 Å². The fourth-order valence-corrected chi connectivity index (χ4v) is 5.05. The summed E-state index contributed by atoms with van der Waals surface area (Å²) in [4.78, 5) is 0. The highest BCUT2D eigenvalue weighted by atomic mass is 32.2. The van der Waals surface area contributed by atoms with Gasteiger partial charge in [0, 0.05) is 5.75 Å². The van der Waals surface area contributed by atoms with Crippen LogP contribution in [0.1, 0.15) is 38.5 Å². The van der Waals surface area contributed by atoms with E-state index >= 15 is 0 Å². The molecule has 16 heavy (non-hydrogen) atoms. The summed E-state index contributed by atoms with van der Waals surface area (Å²) in [5.74, 6) is 2.32. The van der Waals surface area contributed by atoms with Gasteiger partial charge in [-0.25, -0.2) is 0 Å². The lowest BCUT2D eigenvalue weighted by Gasteiger charge is -2.30. The zero-order valence-corrected chi connectivity index (χ0v) is 12.2. The highest BCUT2D eigenvalue weighted by Gasteiger charge is 2.29. The molecule has 0 saturated heterocycles. The lowest BCUT2D eigenvalue weighted by Crippen LogP contribution is -2.25. The molecule has 0 nitrogen and oxygen atoms in total. The topological polar surface area (TPSA) is 0 Å². The molecule has 0 N–H and O–H groups in total. The highest BCUT2D eigenvalue weighted by molar-refractivity contribution is 8.01. The maximum atomic E-state index is 4.62. The Morgan fingerprint density at radius 2 is 2.00 bits per heavy atom. The lowest BCUT2D eigenvalue weighted by molar-refractivity contribution is 0.332. The molecule has 1 aromatic rings. The summed E-state index contributed by atoms with van der Waals surface area (Å²) < 4.78 is 1.46. The molecule has 0 bridgehead atoms. The fraction of sp³-hybridized carbons (Fsp3) is 0.692. The van der Waals surface area contributed by atoms with E-state index < -0.39 is 0 Å². The summed E-state index contributed by atoms with van der Waals surface area (Å²) in [7, 11) is 0. The number of hydrogen-bond donors (Lipinski definition) is 1. The Labute approximate surface area is 113 Å². The first-order valence-electron chi connectivity index (χ1n) is 6.12. The molecule has 0 aromatic carbocycles. The predicted molar refractivity (Wildman–Crippen MR) is 79.0 cm³/mol. The van der Waals surface area contributed by atoms with Gasteiger partial charge in [-0.3, -0.25) is 0 Å². The van der Waals surface area contributed by atoms with Crippen LogP contribution in [-0.2, 0) is 0 Å². The van der Waals surface area contributed by atoms with Crippen molar-refractivity contribution >= 4 is 35.7 Å². The quantitative estimate of drug-likeness (QED) is 0.451. The number of thioether (sulfide) groups is 1. The smallest absolute Gasteiger partial charge is 0.0598 e. The Hall–Kier alpha value is 0.400. The van der Waals surface area contributed by atoms with Crippen LogP contribution in [0.3, 0.4) is 0 Å². The third-order valence-electron chi connectivity index (χ3n) is 3.52. The van der Waals surface area contributed by atoms with Crippen LogP contribution in [0.25, 0.3) is 0 Å². The Bertz CT molecular complexity index is 284. The summed E-state index contributed by atoms with van der Waals surface area (Å²) in [5, 5.41) is 2.17. The minimum atomic E-state index is 0.508. The van der Waals surface area contributed by atoms with E-state index in [1.165, 1.54) is 48.5 Å². The Kier molecular flexibility index (Phi) is 5.11. The van der Waals surface area contributed by atoms with E-state index in [4.69, 9.17) is 0 Å². The van der Waals surface area contributed by atoms with Crippen molar-refractivity contribution < 1.29 is 0 Å². The van der Waals surface area contributed by atoms with Gasteiger partial charge < -0.3 is 0 Å². The van der Waals surface area contributed by atoms with Crippen molar-refractivity contribution in [2.24, 2.45) is 5.41 Å². The predicted octanol–water partition coefficient (Wildman–Crippen LogP) is 5.11. The van der Waals surface area contributed by atoms with Gasteiger partial charge in [0.2, 0.25) is 0 Å². The molecule has 1 aliphatic rings. The number of rotatable bonds is 4. The molecule has 0 radical (unpaired) electrons. The Balaban J connectivity index is 1.92. The van der Waals surface area contributed by atoms with Crippen molar-refractivity contribution in [3.63, 3.8) is 0 Å². The van der Waals surface area contributed by atoms with Crippen LogP contribution in [0.5, 0.6) is 0 Å². The van der Waals surface area contributed by atoms with Crippen LogP contribution in [0.15, 0.2) is 21.7 Å². The average Bonchev–Trinajstić information content (AvgIpc) is 2.72. The van der Waals surface area contributed by atoms with Crippen LogP contribution in [0.4, 0.5) is 0 Å². The molecule has 0 amide bonds. The highest BCUT2D eigenvalue weighted by Crippen LogP contribution is 2.41. The molecular formula is C13H20S3. The van der Waals surface area contributed by atoms with Gasteiger partial charge >= 0.3 is 0 Å². The number of hydrogen-bond acceptors (Lipinski definition) is 3. The van der Waals surface area contributed by atoms with Crippen LogP contribution in [0.2, 0.25) is 0 Å². The molecule has 90 valence electrons. The second-order valence-electron chi connectivity index (χ2n) is 4.79. The van der Waals surface area contributed by atoms with Crippen LogP contribution >= 0.6 is 35.7 Å². The SMILES string of the molecule is SCC1(CSc2cccs2)CCCCCC1. The molecule has 1 aromatic heterocycles. The van der Waals surface area contributed by atoms with Gasteiger partial charge in [-0.15, -0.1) is 23.1 Å². The van der Waals surface area contributed by atoms with Crippen molar-refractivity contribution in [2.75, 3.05) is 11.5 Å². The molecule has 1 aliphatic carbocycles. The zero-order valence-electron chi connectivity index (χ0n) is 9.65. The summed E-state index contributed by atoms with van der Waals surface area (Å²) >= 11 is 8.52. The molecule has 3 heteroatoms.